The number of carbonyl (C=O) groups is 1. The first-order valence-electron chi connectivity index (χ1n) is 9.70. The minimum Gasteiger partial charge on any atom is -0.444 e. The largest absolute Gasteiger partial charge is 0.444 e. The molecule has 140 valence electrons. The Labute approximate surface area is 147 Å². The van der Waals surface area contributed by atoms with Crippen LogP contribution in [-0.2, 0) is 9.47 Å². The molecule has 24 heavy (non-hydrogen) atoms. The summed E-state index contributed by atoms with van der Waals surface area (Å²) in [5.41, 5.74) is -0.423. The molecule has 5 nitrogen and oxygen atoms in total. The minimum atomic E-state index is -0.423. The molecule has 0 spiro atoms. The molecule has 1 saturated heterocycles. The maximum Gasteiger partial charge on any atom is 0.410 e. The highest BCUT2D eigenvalue weighted by molar-refractivity contribution is 5.68. The van der Waals surface area contributed by atoms with E-state index < -0.39 is 5.60 Å². The summed E-state index contributed by atoms with van der Waals surface area (Å²) in [4.78, 5) is 13.8. The Hall–Kier alpha value is -0.810. The maximum atomic E-state index is 12.0. The lowest BCUT2D eigenvalue weighted by atomic mass is 10.1. The number of likely N-dealkylation sites (tertiary alicyclic amines) is 1. The van der Waals surface area contributed by atoms with Gasteiger partial charge in [0.25, 0.3) is 0 Å². The Balaban J connectivity index is 1.54. The van der Waals surface area contributed by atoms with Crippen molar-refractivity contribution in [2.45, 2.75) is 84.0 Å². The lowest BCUT2D eigenvalue weighted by Crippen LogP contribution is -2.43. The van der Waals surface area contributed by atoms with E-state index in [-0.39, 0.29) is 12.2 Å². The van der Waals surface area contributed by atoms with E-state index in [1.807, 2.05) is 20.8 Å². The summed E-state index contributed by atoms with van der Waals surface area (Å²) in [5.74, 6) is 0.917. The van der Waals surface area contributed by atoms with Crippen molar-refractivity contribution in [2.75, 3.05) is 26.2 Å². The van der Waals surface area contributed by atoms with Gasteiger partial charge in [0, 0.05) is 25.7 Å². The molecule has 0 aromatic heterocycles. The number of nitrogens with zero attached hydrogens (tertiary/aromatic N) is 1. The van der Waals surface area contributed by atoms with Gasteiger partial charge in [0.05, 0.1) is 12.7 Å². The maximum absolute atomic E-state index is 12.0. The summed E-state index contributed by atoms with van der Waals surface area (Å²) in [6.45, 7) is 11.2. The number of rotatable bonds is 6. The Bertz CT molecular complexity index is 387. The zero-order valence-corrected chi connectivity index (χ0v) is 16.0. The molecule has 1 saturated carbocycles. The van der Waals surface area contributed by atoms with Crippen LogP contribution in [0, 0.1) is 5.92 Å². The van der Waals surface area contributed by atoms with E-state index in [4.69, 9.17) is 9.47 Å². The molecule has 2 fully saturated rings. The molecule has 1 aliphatic heterocycles. The number of hydrogen-bond acceptors (Lipinski definition) is 4. The number of carbonyl (C=O) groups excluding carboxylic acids is 1. The molecular weight excluding hydrogens is 304 g/mol. The van der Waals surface area contributed by atoms with Gasteiger partial charge >= 0.3 is 6.09 Å². The van der Waals surface area contributed by atoms with Crippen LogP contribution in [0.4, 0.5) is 4.79 Å². The fraction of sp³-hybridized carbons (Fsp3) is 0.947. The van der Waals surface area contributed by atoms with E-state index in [2.05, 4.69) is 12.2 Å². The zero-order valence-electron chi connectivity index (χ0n) is 16.0. The van der Waals surface area contributed by atoms with Crippen molar-refractivity contribution in [1.29, 1.82) is 0 Å². The predicted octanol–water partition coefficient (Wildman–Crippen LogP) is 3.57. The first-order valence-corrected chi connectivity index (χ1v) is 9.70. The van der Waals surface area contributed by atoms with E-state index in [1.54, 1.807) is 4.90 Å². The Morgan fingerprint density at radius 2 is 1.88 bits per heavy atom. The van der Waals surface area contributed by atoms with Crippen LogP contribution >= 0.6 is 0 Å². The van der Waals surface area contributed by atoms with Crippen molar-refractivity contribution in [3.05, 3.63) is 0 Å². The van der Waals surface area contributed by atoms with Gasteiger partial charge in [-0.1, -0.05) is 13.3 Å². The summed E-state index contributed by atoms with van der Waals surface area (Å²) in [7, 11) is 0. The van der Waals surface area contributed by atoms with E-state index in [0.29, 0.717) is 6.04 Å². The molecule has 1 heterocycles. The van der Waals surface area contributed by atoms with Crippen molar-refractivity contribution in [3.8, 4) is 0 Å². The zero-order chi connectivity index (χ0) is 17.6. The average molecular weight is 341 g/mol. The highest BCUT2D eigenvalue weighted by atomic mass is 16.6. The molecule has 0 aromatic rings. The average Bonchev–Trinajstić information content (AvgIpc) is 2.98. The summed E-state index contributed by atoms with van der Waals surface area (Å²) in [5, 5.41) is 3.63. The van der Waals surface area contributed by atoms with Crippen LogP contribution in [0.25, 0.3) is 0 Å². The fourth-order valence-electron chi connectivity index (χ4n) is 3.65. The Kier molecular flexibility index (Phi) is 7.35. The van der Waals surface area contributed by atoms with Crippen molar-refractivity contribution < 1.29 is 14.3 Å². The van der Waals surface area contributed by atoms with Gasteiger partial charge in [-0.15, -0.1) is 0 Å². The van der Waals surface area contributed by atoms with Gasteiger partial charge in [0.2, 0.25) is 0 Å². The molecule has 1 aliphatic carbocycles. The van der Waals surface area contributed by atoms with Gasteiger partial charge in [0.1, 0.15) is 5.60 Å². The summed E-state index contributed by atoms with van der Waals surface area (Å²) < 4.78 is 11.4. The molecule has 1 amide bonds. The third kappa shape index (κ3) is 6.60. The molecule has 2 unspecified atom stereocenters. The third-order valence-corrected chi connectivity index (χ3v) is 5.10. The van der Waals surface area contributed by atoms with Crippen LogP contribution in [0.1, 0.15) is 66.2 Å². The molecule has 2 rings (SSSR count). The normalized spacial score (nSPS) is 25.9. The topological polar surface area (TPSA) is 50.8 Å². The molecule has 5 heteroatoms. The monoisotopic (exact) mass is 340 g/mol. The van der Waals surface area contributed by atoms with Gasteiger partial charge < -0.3 is 19.7 Å². The van der Waals surface area contributed by atoms with Crippen molar-refractivity contribution in [2.24, 2.45) is 5.92 Å². The molecular formula is C19H36N2O3. The molecule has 0 aromatic carbocycles. The van der Waals surface area contributed by atoms with E-state index >= 15 is 0 Å². The SMILES string of the molecule is CCC1CCC(NCCOC2CCN(C(=O)OC(C)(C)C)CC2)C1. The second-order valence-corrected chi connectivity index (χ2v) is 8.28. The fourth-order valence-corrected chi connectivity index (χ4v) is 3.65. The van der Waals surface area contributed by atoms with Gasteiger partial charge in [0.15, 0.2) is 0 Å². The van der Waals surface area contributed by atoms with E-state index in [0.717, 1.165) is 45.0 Å². The number of nitrogens with one attached hydrogen (secondary N) is 1. The second-order valence-electron chi connectivity index (χ2n) is 8.28. The predicted molar refractivity (Wildman–Crippen MR) is 96.2 cm³/mol. The van der Waals surface area contributed by atoms with Crippen molar-refractivity contribution in [1.82, 2.24) is 10.2 Å². The quantitative estimate of drug-likeness (QED) is 0.751. The van der Waals surface area contributed by atoms with Crippen LogP contribution in [0.2, 0.25) is 0 Å². The number of hydrogen-bond donors (Lipinski definition) is 1. The van der Waals surface area contributed by atoms with Crippen molar-refractivity contribution in [3.63, 3.8) is 0 Å². The third-order valence-electron chi connectivity index (χ3n) is 5.10. The standard InChI is InChI=1S/C19H36N2O3/c1-5-15-6-7-16(14-15)20-10-13-23-17-8-11-21(12-9-17)18(22)24-19(2,3)4/h15-17,20H,5-14H2,1-4H3. The molecule has 1 N–H and O–H groups in total. The summed E-state index contributed by atoms with van der Waals surface area (Å²) >= 11 is 0. The first kappa shape index (κ1) is 19.5. The lowest BCUT2D eigenvalue weighted by molar-refractivity contribution is -0.0107. The number of amides is 1. The van der Waals surface area contributed by atoms with Crippen LogP contribution in [0.5, 0.6) is 0 Å². The smallest absolute Gasteiger partial charge is 0.410 e. The second kappa shape index (κ2) is 9.04. The van der Waals surface area contributed by atoms with Crippen molar-refractivity contribution >= 4 is 6.09 Å². The van der Waals surface area contributed by atoms with E-state index in [1.165, 1.54) is 25.7 Å². The van der Waals surface area contributed by atoms with Crippen LogP contribution < -0.4 is 5.32 Å². The van der Waals surface area contributed by atoms with Crippen LogP contribution in [0.3, 0.4) is 0 Å². The van der Waals surface area contributed by atoms with Crippen LogP contribution in [-0.4, -0.2) is 55.0 Å². The molecule has 0 bridgehead atoms. The number of ether oxygens (including phenoxy) is 2. The van der Waals surface area contributed by atoms with Gasteiger partial charge in [-0.25, -0.2) is 4.79 Å². The van der Waals surface area contributed by atoms with Gasteiger partial charge in [-0.3, -0.25) is 0 Å². The summed E-state index contributed by atoms with van der Waals surface area (Å²) in [6.07, 6.45) is 7.20. The lowest BCUT2D eigenvalue weighted by Gasteiger charge is -2.33. The first-order chi connectivity index (χ1) is 11.4. The van der Waals surface area contributed by atoms with Gasteiger partial charge in [-0.05, 0) is 58.8 Å². The van der Waals surface area contributed by atoms with Crippen LogP contribution in [0.15, 0.2) is 0 Å². The summed E-state index contributed by atoms with van der Waals surface area (Å²) in [6, 6.07) is 0.688. The number of piperidine rings is 1. The molecule has 2 aliphatic rings. The molecule has 2 atom stereocenters. The minimum absolute atomic E-state index is 0.200. The van der Waals surface area contributed by atoms with Gasteiger partial charge in [-0.2, -0.15) is 0 Å². The Morgan fingerprint density at radius 1 is 1.17 bits per heavy atom. The van der Waals surface area contributed by atoms with E-state index in [9.17, 15) is 4.79 Å². The Morgan fingerprint density at radius 3 is 2.46 bits per heavy atom. The molecule has 0 radical (unpaired) electrons. The highest BCUT2D eigenvalue weighted by Gasteiger charge is 2.27. The highest BCUT2D eigenvalue weighted by Crippen LogP contribution is 2.27.